The molecule has 0 saturated carbocycles. The molecule has 0 radical (unpaired) electrons. The lowest BCUT2D eigenvalue weighted by Crippen LogP contribution is -2.43. The van der Waals surface area contributed by atoms with Crippen LogP contribution in [-0.4, -0.2) is 34.2 Å². The maximum atomic E-state index is 11.9. The highest BCUT2D eigenvalue weighted by atomic mass is 32.2. The predicted octanol–water partition coefficient (Wildman–Crippen LogP) is -0.454. The Kier molecular flexibility index (Phi) is 4.17. The molecular weight excluding hydrogens is 302 g/mol. The van der Waals surface area contributed by atoms with Crippen molar-refractivity contribution in [1.82, 2.24) is 9.03 Å². The summed E-state index contributed by atoms with van der Waals surface area (Å²) in [6.45, 7) is 2.53. The van der Waals surface area contributed by atoms with E-state index in [0.717, 1.165) is 5.56 Å². The Hall–Kier alpha value is -1.00. The number of fused-ring (bicyclic) bond motifs is 1. The molecule has 112 valence electrons. The van der Waals surface area contributed by atoms with Crippen LogP contribution in [0.25, 0.3) is 0 Å². The quantitative estimate of drug-likeness (QED) is 0.783. The second-order valence-electron chi connectivity index (χ2n) is 4.56. The van der Waals surface area contributed by atoms with Gasteiger partial charge in [0, 0.05) is 19.6 Å². The van der Waals surface area contributed by atoms with E-state index in [1.165, 1.54) is 16.4 Å². The van der Waals surface area contributed by atoms with E-state index in [-0.39, 0.29) is 11.4 Å². The van der Waals surface area contributed by atoms with Gasteiger partial charge in [0.25, 0.3) is 10.2 Å². The highest BCUT2D eigenvalue weighted by molar-refractivity contribution is 7.89. The van der Waals surface area contributed by atoms with Crippen molar-refractivity contribution in [3.8, 4) is 0 Å². The van der Waals surface area contributed by atoms with Gasteiger partial charge in [0.1, 0.15) is 0 Å². The van der Waals surface area contributed by atoms with Crippen molar-refractivity contribution < 1.29 is 16.8 Å². The van der Waals surface area contributed by atoms with Crippen LogP contribution in [0.3, 0.4) is 0 Å². The van der Waals surface area contributed by atoms with Crippen molar-refractivity contribution in [1.29, 1.82) is 0 Å². The number of hydrogen-bond acceptors (Lipinski definition) is 4. The van der Waals surface area contributed by atoms with Crippen LogP contribution < -0.4 is 9.86 Å². The SMILES string of the molecule is CCNS(=O)(=O)N1CCc2ccc(S(N)(=O)=O)cc2C1. The summed E-state index contributed by atoms with van der Waals surface area (Å²) >= 11 is 0. The summed E-state index contributed by atoms with van der Waals surface area (Å²) in [5, 5.41) is 5.09. The molecule has 0 fully saturated rings. The number of benzene rings is 1. The molecule has 20 heavy (non-hydrogen) atoms. The van der Waals surface area contributed by atoms with Crippen LogP contribution in [0.1, 0.15) is 18.1 Å². The molecule has 1 aliphatic heterocycles. The molecular formula is C11H17N3O4S2. The first-order chi connectivity index (χ1) is 9.24. The Morgan fingerprint density at radius 1 is 1.25 bits per heavy atom. The summed E-state index contributed by atoms with van der Waals surface area (Å²) in [6, 6.07) is 4.58. The van der Waals surface area contributed by atoms with Gasteiger partial charge in [-0.25, -0.2) is 18.3 Å². The average molecular weight is 319 g/mol. The molecule has 0 atom stereocenters. The molecule has 2 rings (SSSR count). The zero-order chi connectivity index (χ0) is 15.0. The highest BCUT2D eigenvalue weighted by Gasteiger charge is 2.26. The molecule has 1 aromatic carbocycles. The van der Waals surface area contributed by atoms with Crippen molar-refractivity contribution in [2.24, 2.45) is 5.14 Å². The van der Waals surface area contributed by atoms with Gasteiger partial charge in [0.15, 0.2) is 0 Å². The topological polar surface area (TPSA) is 110 Å². The minimum absolute atomic E-state index is 0.000973. The summed E-state index contributed by atoms with van der Waals surface area (Å²) in [5.41, 5.74) is 1.62. The van der Waals surface area contributed by atoms with Crippen molar-refractivity contribution in [3.63, 3.8) is 0 Å². The molecule has 1 heterocycles. The van der Waals surface area contributed by atoms with Crippen molar-refractivity contribution in [2.45, 2.75) is 24.8 Å². The van der Waals surface area contributed by atoms with Crippen LogP contribution in [0.4, 0.5) is 0 Å². The minimum atomic E-state index is -3.78. The molecule has 0 unspecified atom stereocenters. The van der Waals surface area contributed by atoms with Gasteiger partial charge in [-0.3, -0.25) is 0 Å². The lowest BCUT2D eigenvalue weighted by atomic mass is 10.0. The van der Waals surface area contributed by atoms with Crippen LogP contribution in [-0.2, 0) is 33.2 Å². The summed E-state index contributed by atoms with van der Waals surface area (Å²) in [5.74, 6) is 0. The molecule has 0 bridgehead atoms. The second kappa shape index (κ2) is 5.41. The first kappa shape index (κ1) is 15.4. The fourth-order valence-electron chi connectivity index (χ4n) is 2.16. The van der Waals surface area contributed by atoms with E-state index < -0.39 is 20.2 Å². The molecule has 7 nitrogen and oxygen atoms in total. The smallest absolute Gasteiger partial charge is 0.225 e. The predicted molar refractivity (Wildman–Crippen MR) is 74.5 cm³/mol. The van der Waals surface area contributed by atoms with E-state index in [4.69, 9.17) is 5.14 Å². The Bertz CT molecular complexity index is 713. The number of nitrogens with two attached hydrogens (primary N) is 1. The maximum absolute atomic E-state index is 11.9. The molecule has 0 amide bonds. The Morgan fingerprint density at radius 3 is 2.55 bits per heavy atom. The number of sulfonamides is 1. The summed E-state index contributed by atoms with van der Waals surface area (Å²) in [7, 11) is -7.30. The van der Waals surface area contributed by atoms with Gasteiger partial charge in [0.05, 0.1) is 4.90 Å². The van der Waals surface area contributed by atoms with Crippen LogP contribution >= 0.6 is 0 Å². The molecule has 0 spiro atoms. The Labute approximate surface area is 119 Å². The maximum Gasteiger partial charge on any atom is 0.279 e. The van der Waals surface area contributed by atoms with Gasteiger partial charge in [-0.1, -0.05) is 13.0 Å². The van der Waals surface area contributed by atoms with Gasteiger partial charge in [0.2, 0.25) is 10.0 Å². The Morgan fingerprint density at radius 2 is 1.95 bits per heavy atom. The van der Waals surface area contributed by atoms with E-state index in [1.807, 2.05) is 0 Å². The molecule has 0 saturated heterocycles. The fourth-order valence-corrected chi connectivity index (χ4v) is 3.92. The van der Waals surface area contributed by atoms with Gasteiger partial charge in [-0.05, 0) is 29.7 Å². The van der Waals surface area contributed by atoms with Crippen LogP contribution in [0, 0.1) is 0 Å². The Balaban J connectivity index is 2.34. The van der Waals surface area contributed by atoms with E-state index in [2.05, 4.69) is 4.72 Å². The van der Waals surface area contributed by atoms with Crippen molar-refractivity contribution in [3.05, 3.63) is 29.3 Å². The van der Waals surface area contributed by atoms with Gasteiger partial charge >= 0.3 is 0 Å². The largest absolute Gasteiger partial charge is 0.279 e. The molecule has 3 N–H and O–H groups in total. The number of rotatable bonds is 4. The van der Waals surface area contributed by atoms with Crippen molar-refractivity contribution >= 4 is 20.2 Å². The fraction of sp³-hybridized carbons (Fsp3) is 0.455. The second-order valence-corrected chi connectivity index (χ2v) is 7.88. The average Bonchev–Trinajstić information content (AvgIpc) is 2.36. The minimum Gasteiger partial charge on any atom is -0.225 e. The molecule has 1 aromatic rings. The third kappa shape index (κ3) is 3.18. The monoisotopic (exact) mass is 319 g/mol. The lowest BCUT2D eigenvalue weighted by molar-refractivity contribution is 0.384. The number of hydrogen-bond donors (Lipinski definition) is 2. The molecule has 0 aliphatic carbocycles. The third-order valence-corrected chi connectivity index (χ3v) is 5.71. The van der Waals surface area contributed by atoms with Crippen LogP contribution in [0.5, 0.6) is 0 Å². The first-order valence-electron chi connectivity index (χ1n) is 6.13. The van der Waals surface area contributed by atoms with Gasteiger partial charge in [-0.2, -0.15) is 12.7 Å². The summed E-state index contributed by atoms with van der Waals surface area (Å²) < 4.78 is 50.3. The zero-order valence-corrected chi connectivity index (χ0v) is 12.7. The molecule has 1 aliphatic rings. The van der Waals surface area contributed by atoms with Gasteiger partial charge in [-0.15, -0.1) is 0 Å². The van der Waals surface area contributed by atoms with Crippen molar-refractivity contribution in [2.75, 3.05) is 13.1 Å². The van der Waals surface area contributed by atoms with E-state index in [1.54, 1.807) is 13.0 Å². The third-order valence-electron chi connectivity index (χ3n) is 3.15. The standard InChI is InChI=1S/C11H17N3O4S2/c1-2-13-20(17,18)14-6-5-9-3-4-11(19(12,15)16)7-10(9)8-14/h3-4,7,13H,2,5-6,8H2,1H3,(H2,12,15,16). The normalized spacial score (nSPS) is 16.9. The lowest BCUT2D eigenvalue weighted by Gasteiger charge is -2.28. The zero-order valence-electron chi connectivity index (χ0n) is 11.0. The molecule has 0 aromatic heterocycles. The van der Waals surface area contributed by atoms with E-state index in [0.29, 0.717) is 25.1 Å². The van der Waals surface area contributed by atoms with Crippen LogP contribution in [0.15, 0.2) is 23.1 Å². The summed E-state index contributed by atoms with van der Waals surface area (Å²) in [4.78, 5) is -0.000973. The number of primary sulfonamides is 1. The number of nitrogens with zero attached hydrogens (tertiary/aromatic N) is 1. The van der Waals surface area contributed by atoms with E-state index in [9.17, 15) is 16.8 Å². The number of nitrogens with one attached hydrogen (secondary N) is 1. The molecule has 9 heteroatoms. The highest BCUT2D eigenvalue weighted by Crippen LogP contribution is 2.23. The van der Waals surface area contributed by atoms with Gasteiger partial charge < -0.3 is 0 Å². The van der Waals surface area contributed by atoms with E-state index >= 15 is 0 Å². The first-order valence-corrected chi connectivity index (χ1v) is 9.12. The summed E-state index contributed by atoms with van der Waals surface area (Å²) in [6.07, 6.45) is 0.546. The van der Waals surface area contributed by atoms with Crippen LogP contribution in [0.2, 0.25) is 0 Å².